The molecule has 5 aromatic rings. The first-order valence-corrected chi connectivity index (χ1v) is 16.1. The van der Waals surface area contributed by atoms with Crippen LogP contribution in [0.15, 0.2) is 138 Å². The SMILES string of the molecule is NNC(=O)C1CC(SC(c2ccccc2)(c2ccccc2)c2ccccc2)CN1S(=O)(=O)c1ccc2ccccc2c1. The fourth-order valence-electron chi connectivity index (χ4n) is 5.89. The van der Waals surface area contributed by atoms with Crippen LogP contribution < -0.4 is 11.3 Å². The van der Waals surface area contributed by atoms with Crippen LogP contribution in [0.2, 0.25) is 0 Å². The number of hydrogen-bond donors (Lipinski definition) is 2. The molecule has 1 aliphatic rings. The maximum Gasteiger partial charge on any atom is 0.252 e. The summed E-state index contributed by atoms with van der Waals surface area (Å²) in [6.07, 6.45) is 0.314. The zero-order valence-corrected chi connectivity index (χ0v) is 24.5. The molecule has 5 aromatic carbocycles. The van der Waals surface area contributed by atoms with E-state index in [2.05, 4.69) is 41.8 Å². The van der Waals surface area contributed by atoms with Crippen molar-refractivity contribution >= 4 is 38.5 Å². The summed E-state index contributed by atoms with van der Waals surface area (Å²) in [5, 5.41) is 1.55. The zero-order valence-electron chi connectivity index (χ0n) is 22.8. The molecule has 1 fully saturated rings. The van der Waals surface area contributed by atoms with Gasteiger partial charge in [0.25, 0.3) is 5.91 Å². The van der Waals surface area contributed by atoms with Crippen LogP contribution in [-0.2, 0) is 19.6 Å². The fraction of sp³-hybridized carbons (Fsp3) is 0.147. The Labute approximate surface area is 250 Å². The van der Waals surface area contributed by atoms with Gasteiger partial charge in [-0.25, -0.2) is 14.3 Å². The molecule has 1 amide bonds. The molecule has 3 N–H and O–H groups in total. The summed E-state index contributed by atoms with van der Waals surface area (Å²) in [5.41, 5.74) is 5.43. The first-order chi connectivity index (χ1) is 20.4. The van der Waals surface area contributed by atoms with Crippen molar-refractivity contribution < 1.29 is 13.2 Å². The minimum Gasteiger partial charge on any atom is -0.293 e. The highest BCUT2D eigenvalue weighted by Crippen LogP contribution is 2.52. The molecule has 212 valence electrons. The van der Waals surface area contributed by atoms with Crippen LogP contribution in [0, 0.1) is 0 Å². The van der Waals surface area contributed by atoms with E-state index < -0.39 is 26.7 Å². The quantitative estimate of drug-likeness (QED) is 0.104. The van der Waals surface area contributed by atoms with Crippen molar-refractivity contribution in [2.24, 2.45) is 5.84 Å². The number of nitrogens with two attached hydrogens (primary N) is 1. The minimum absolute atomic E-state index is 0.155. The molecule has 0 saturated carbocycles. The van der Waals surface area contributed by atoms with Crippen molar-refractivity contribution in [1.82, 2.24) is 9.73 Å². The Hall–Kier alpha value is -3.95. The number of rotatable bonds is 8. The van der Waals surface area contributed by atoms with Gasteiger partial charge < -0.3 is 0 Å². The van der Waals surface area contributed by atoms with Gasteiger partial charge in [-0.3, -0.25) is 10.2 Å². The number of thioether (sulfide) groups is 1. The molecule has 1 aliphatic heterocycles. The highest BCUT2D eigenvalue weighted by atomic mass is 32.2. The van der Waals surface area contributed by atoms with Gasteiger partial charge in [-0.1, -0.05) is 121 Å². The van der Waals surface area contributed by atoms with Crippen molar-refractivity contribution in [3.05, 3.63) is 150 Å². The van der Waals surface area contributed by atoms with E-state index in [0.717, 1.165) is 27.5 Å². The lowest BCUT2D eigenvalue weighted by Crippen LogP contribution is -2.47. The predicted octanol–water partition coefficient (Wildman–Crippen LogP) is 5.69. The van der Waals surface area contributed by atoms with Crippen molar-refractivity contribution in [2.75, 3.05) is 6.54 Å². The number of carbonyl (C=O) groups excluding carboxylic acids is 1. The molecule has 0 aromatic heterocycles. The smallest absolute Gasteiger partial charge is 0.252 e. The number of nitrogens with zero attached hydrogens (tertiary/aromatic N) is 1. The van der Waals surface area contributed by atoms with Crippen molar-refractivity contribution in [2.45, 2.75) is 27.4 Å². The van der Waals surface area contributed by atoms with Crippen LogP contribution in [0.3, 0.4) is 0 Å². The molecular formula is C34H31N3O3S2. The molecule has 42 heavy (non-hydrogen) atoms. The fourth-order valence-corrected chi connectivity index (χ4v) is 9.49. The Kier molecular flexibility index (Phi) is 7.88. The van der Waals surface area contributed by atoms with E-state index in [-0.39, 0.29) is 16.7 Å². The zero-order chi connectivity index (χ0) is 29.2. The first kappa shape index (κ1) is 28.2. The Morgan fingerprint density at radius 1 is 0.738 bits per heavy atom. The Morgan fingerprint density at radius 3 is 1.76 bits per heavy atom. The molecule has 1 heterocycles. The van der Waals surface area contributed by atoms with E-state index in [9.17, 15) is 13.2 Å². The summed E-state index contributed by atoms with van der Waals surface area (Å²) in [6.45, 7) is 0.159. The largest absolute Gasteiger partial charge is 0.293 e. The van der Waals surface area contributed by atoms with Crippen molar-refractivity contribution in [1.29, 1.82) is 0 Å². The van der Waals surface area contributed by atoms with E-state index in [0.29, 0.717) is 6.42 Å². The van der Waals surface area contributed by atoms with Crippen molar-refractivity contribution in [3.63, 3.8) is 0 Å². The topological polar surface area (TPSA) is 92.5 Å². The maximum atomic E-state index is 14.1. The van der Waals surface area contributed by atoms with Gasteiger partial charge in [0.05, 0.1) is 9.64 Å². The van der Waals surface area contributed by atoms with Gasteiger partial charge in [0.15, 0.2) is 0 Å². The average Bonchev–Trinajstić information content (AvgIpc) is 3.49. The summed E-state index contributed by atoms with van der Waals surface area (Å²) >= 11 is 1.68. The number of carbonyl (C=O) groups is 1. The summed E-state index contributed by atoms with van der Waals surface area (Å²) in [6, 6.07) is 42.5. The Bertz CT molecular complexity index is 1700. The molecule has 6 rings (SSSR count). The van der Waals surface area contributed by atoms with E-state index in [1.807, 2.05) is 78.9 Å². The number of hydrogen-bond acceptors (Lipinski definition) is 5. The third-order valence-electron chi connectivity index (χ3n) is 7.87. The number of benzene rings is 5. The van der Waals surface area contributed by atoms with Crippen LogP contribution in [-0.4, -0.2) is 36.5 Å². The van der Waals surface area contributed by atoms with Crippen LogP contribution in [0.4, 0.5) is 0 Å². The molecule has 2 unspecified atom stereocenters. The lowest BCUT2D eigenvalue weighted by atomic mass is 9.84. The predicted molar refractivity (Wildman–Crippen MR) is 169 cm³/mol. The molecule has 0 aliphatic carbocycles. The van der Waals surface area contributed by atoms with Crippen molar-refractivity contribution in [3.8, 4) is 0 Å². The molecular weight excluding hydrogens is 563 g/mol. The highest BCUT2D eigenvalue weighted by Gasteiger charge is 2.48. The standard InChI is InChI=1S/C34H31N3O3S2/c35-36-33(38)32-23-30(24-37(32)42(39,40)31-21-20-25-12-10-11-13-26(25)22-31)41-34(27-14-4-1-5-15-27,28-16-6-2-7-17-28)29-18-8-3-9-19-29/h1-22,30,32H,23-24,35H2,(H,36,38). The molecule has 2 atom stereocenters. The second-order valence-corrected chi connectivity index (χ2v) is 13.8. The summed E-state index contributed by atoms with van der Waals surface area (Å²) in [7, 11) is -4.01. The van der Waals surface area contributed by atoms with E-state index in [4.69, 9.17) is 5.84 Å². The Morgan fingerprint density at radius 2 is 1.24 bits per heavy atom. The van der Waals surface area contributed by atoms with Crippen LogP contribution >= 0.6 is 11.8 Å². The maximum absolute atomic E-state index is 14.1. The number of fused-ring (bicyclic) bond motifs is 1. The third kappa shape index (κ3) is 5.12. The van der Waals surface area contributed by atoms with E-state index in [1.165, 1.54) is 4.31 Å². The van der Waals surface area contributed by atoms with E-state index >= 15 is 0 Å². The second kappa shape index (κ2) is 11.7. The van der Waals surface area contributed by atoms with Gasteiger partial charge in [0, 0.05) is 11.8 Å². The lowest BCUT2D eigenvalue weighted by Gasteiger charge is -2.37. The summed E-state index contributed by atoms with van der Waals surface area (Å²) < 4.78 is 28.9. The molecule has 0 spiro atoms. The Balaban J connectivity index is 1.44. The van der Waals surface area contributed by atoms with Crippen LogP contribution in [0.25, 0.3) is 10.8 Å². The van der Waals surface area contributed by atoms with Gasteiger partial charge >= 0.3 is 0 Å². The molecule has 6 nitrogen and oxygen atoms in total. The molecule has 0 bridgehead atoms. The number of nitrogens with one attached hydrogen (secondary N) is 1. The summed E-state index contributed by atoms with van der Waals surface area (Å²) in [5.74, 6) is 5.07. The van der Waals surface area contributed by atoms with Gasteiger partial charge in [0.2, 0.25) is 10.0 Å². The monoisotopic (exact) mass is 593 g/mol. The van der Waals surface area contributed by atoms with Gasteiger partial charge in [-0.2, -0.15) is 4.31 Å². The van der Waals surface area contributed by atoms with Gasteiger partial charge in [-0.05, 0) is 46.0 Å². The number of amides is 1. The average molecular weight is 594 g/mol. The highest BCUT2D eigenvalue weighted by molar-refractivity contribution is 8.01. The number of hydrazine groups is 1. The van der Waals surface area contributed by atoms with Crippen LogP contribution in [0.5, 0.6) is 0 Å². The normalized spacial score (nSPS) is 17.7. The molecule has 0 radical (unpaired) electrons. The lowest BCUT2D eigenvalue weighted by molar-refractivity contribution is -0.124. The third-order valence-corrected chi connectivity index (χ3v) is 11.5. The molecule has 1 saturated heterocycles. The second-order valence-electron chi connectivity index (χ2n) is 10.4. The first-order valence-electron chi connectivity index (χ1n) is 13.8. The van der Waals surface area contributed by atoms with Gasteiger partial charge in [0.1, 0.15) is 6.04 Å². The minimum atomic E-state index is -4.01. The molecule has 8 heteroatoms. The van der Waals surface area contributed by atoms with Crippen LogP contribution in [0.1, 0.15) is 23.1 Å². The summed E-state index contributed by atoms with van der Waals surface area (Å²) in [4.78, 5) is 13.2. The van der Waals surface area contributed by atoms with E-state index in [1.54, 1.807) is 30.0 Å². The number of sulfonamides is 1. The van der Waals surface area contributed by atoms with Gasteiger partial charge in [-0.15, -0.1) is 11.8 Å².